The fraction of sp³-hybridized carbons (Fsp3) is 0. The highest BCUT2D eigenvalue weighted by molar-refractivity contribution is 6.11. The van der Waals surface area contributed by atoms with Crippen LogP contribution < -0.4 is 9.80 Å². The van der Waals surface area contributed by atoms with E-state index in [4.69, 9.17) is 0 Å². The molecule has 0 aliphatic carbocycles. The van der Waals surface area contributed by atoms with Gasteiger partial charge >= 0.3 is 0 Å². The van der Waals surface area contributed by atoms with E-state index in [1.54, 1.807) is 0 Å². The minimum absolute atomic E-state index is 0.931. The minimum atomic E-state index is 0.931. The Morgan fingerprint density at radius 3 is 1.52 bits per heavy atom. The van der Waals surface area contributed by atoms with Crippen LogP contribution in [0.15, 0.2) is 268 Å². The zero-order chi connectivity index (χ0) is 42.5. The maximum Gasteiger partial charge on any atom is 0.0541 e. The third-order valence-electron chi connectivity index (χ3n) is 11.7. The Balaban J connectivity index is 1.21. The number of rotatable bonds is 12. The Morgan fingerprint density at radius 1 is 0.397 bits per heavy atom. The first-order valence-corrected chi connectivity index (χ1v) is 21.3. The van der Waals surface area contributed by atoms with Crippen molar-refractivity contribution in [2.45, 2.75) is 0 Å². The predicted octanol–water partition coefficient (Wildman–Crippen LogP) is 16.6. The van der Waals surface area contributed by atoms with Gasteiger partial charge in [0.05, 0.1) is 11.0 Å². The van der Waals surface area contributed by atoms with E-state index in [-0.39, 0.29) is 0 Å². The molecule has 10 rings (SSSR count). The minimum Gasteiger partial charge on any atom is -0.311 e. The molecule has 0 N–H and O–H groups in total. The van der Waals surface area contributed by atoms with Crippen molar-refractivity contribution in [1.29, 1.82) is 0 Å². The van der Waals surface area contributed by atoms with E-state index in [0.717, 1.165) is 73.2 Å². The summed E-state index contributed by atoms with van der Waals surface area (Å²) < 4.78 is 2.38. The molecule has 300 valence electrons. The summed E-state index contributed by atoms with van der Waals surface area (Å²) in [6, 6.07) is 82.5. The Labute approximate surface area is 369 Å². The van der Waals surface area contributed by atoms with Crippen LogP contribution in [0.3, 0.4) is 0 Å². The Kier molecular flexibility index (Phi) is 10.6. The molecular formula is C60H45N3. The van der Waals surface area contributed by atoms with Crippen LogP contribution in [-0.2, 0) is 0 Å². The summed E-state index contributed by atoms with van der Waals surface area (Å²) in [6.45, 7) is 8.22. The molecule has 0 aliphatic rings. The lowest BCUT2D eigenvalue weighted by atomic mass is 9.87. The van der Waals surface area contributed by atoms with E-state index in [9.17, 15) is 0 Å². The van der Waals surface area contributed by atoms with Gasteiger partial charge in [-0.15, -0.1) is 0 Å². The summed E-state index contributed by atoms with van der Waals surface area (Å²) in [4.78, 5) is 4.56. The molecule has 0 unspecified atom stereocenters. The van der Waals surface area contributed by atoms with Gasteiger partial charge in [-0.05, 0) is 137 Å². The molecule has 9 aromatic carbocycles. The van der Waals surface area contributed by atoms with Gasteiger partial charge in [0, 0.05) is 50.6 Å². The molecule has 0 radical (unpaired) electrons. The van der Waals surface area contributed by atoms with Crippen molar-refractivity contribution in [3.63, 3.8) is 0 Å². The zero-order valence-electron chi connectivity index (χ0n) is 34.9. The SMILES string of the molecule is C=C/C=C(\C=C)N(c1ccccc1)c1cccc(-c2cccc(-c3cccc(N(c4ccccc4)c4ccccc4)c3)c2-c2ccc3c(c2)c2ccccc2n3-c2ccccc2)c1. The molecule has 63 heavy (non-hydrogen) atoms. The van der Waals surface area contributed by atoms with Crippen LogP contribution in [0.4, 0.5) is 28.4 Å². The topological polar surface area (TPSA) is 11.4 Å². The first kappa shape index (κ1) is 38.8. The van der Waals surface area contributed by atoms with Crippen molar-refractivity contribution < 1.29 is 0 Å². The second kappa shape index (κ2) is 17.3. The predicted molar refractivity (Wildman–Crippen MR) is 269 cm³/mol. The molecule has 0 saturated heterocycles. The lowest BCUT2D eigenvalue weighted by molar-refractivity contribution is 1.18. The van der Waals surface area contributed by atoms with Crippen LogP contribution in [0.5, 0.6) is 0 Å². The summed E-state index contributed by atoms with van der Waals surface area (Å²) in [7, 11) is 0. The molecule has 0 saturated carbocycles. The van der Waals surface area contributed by atoms with Crippen molar-refractivity contribution in [3.8, 4) is 39.1 Å². The van der Waals surface area contributed by atoms with Crippen LogP contribution in [0.1, 0.15) is 0 Å². The largest absolute Gasteiger partial charge is 0.311 e. The zero-order valence-corrected chi connectivity index (χ0v) is 34.9. The molecular weight excluding hydrogens is 763 g/mol. The molecule has 0 spiro atoms. The Hall–Kier alpha value is -8.40. The van der Waals surface area contributed by atoms with Crippen molar-refractivity contribution in [2.24, 2.45) is 0 Å². The van der Waals surface area contributed by atoms with Crippen LogP contribution >= 0.6 is 0 Å². The van der Waals surface area contributed by atoms with Gasteiger partial charge in [-0.3, -0.25) is 0 Å². The highest BCUT2D eigenvalue weighted by atomic mass is 15.1. The number of benzene rings is 9. The number of allylic oxidation sites excluding steroid dienone is 3. The molecule has 0 atom stereocenters. The monoisotopic (exact) mass is 807 g/mol. The van der Waals surface area contributed by atoms with Crippen LogP contribution in [-0.4, -0.2) is 4.57 Å². The number of aromatic nitrogens is 1. The van der Waals surface area contributed by atoms with E-state index < -0.39 is 0 Å². The van der Waals surface area contributed by atoms with Gasteiger partial charge in [0.1, 0.15) is 0 Å². The van der Waals surface area contributed by atoms with E-state index >= 15 is 0 Å². The third-order valence-corrected chi connectivity index (χ3v) is 11.7. The van der Waals surface area contributed by atoms with Crippen LogP contribution in [0, 0.1) is 0 Å². The third kappa shape index (κ3) is 7.43. The average Bonchev–Trinajstić information content (AvgIpc) is 3.69. The molecule has 0 aliphatic heterocycles. The maximum absolute atomic E-state index is 4.19. The lowest BCUT2D eigenvalue weighted by Gasteiger charge is -2.27. The molecule has 3 heteroatoms. The standard InChI is InChI=1S/C60H45N3/c1-3-22-47(4-2)61(48-25-9-5-10-26-48)52-33-19-23-44(41-52)54-36-21-37-55(45-24-20-34-53(42-45)62(49-27-11-6-12-28-49)50-29-13-7-14-30-50)60(54)46-39-40-59-57(43-46)56-35-17-18-38-58(56)63(59)51-31-15-8-16-32-51/h3-43H,1-2H2/b47-22+. The second-order valence-electron chi connectivity index (χ2n) is 15.5. The van der Waals surface area contributed by atoms with Gasteiger partial charge in [0.2, 0.25) is 0 Å². The van der Waals surface area contributed by atoms with Gasteiger partial charge in [0.25, 0.3) is 0 Å². The highest BCUT2D eigenvalue weighted by Crippen LogP contribution is 2.45. The summed E-state index contributed by atoms with van der Waals surface area (Å²) in [5, 5.41) is 2.42. The fourth-order valence-electron chi connectivity index (χ4n) is 8.93. The van der Waals surface area contributed by atoms with Gasteiger partial charge in [-0.25, -0.2) is 0 Å². The van der Waals surface area contributed by atoms with E-state index in [1.165, 1.54) is 21.8 Å². The summed E-state index contributed by atoms with van der Waals surface area (Å²) >= 11 is 0. The number of fused-ring (bicyclic) bond motifs is 3. The highest BCUT2D eigenvalue weighted by Gasteiger charge is 2.21. The molecule has 0 fully saturated rings. The number of hydrogen-bond acceptors (Lipinski definition) is 2. The normalized spacial score (nSPS) is 11.4. The molecule has 0 amide bonds. The quantitative estimate of drug-likeness (QED) is 0.114. The fourth-order valence-corrected chi connectivity index (χ4v) is 8.93. The van der Waals surface area contributed by atoms with Gasteiger partial charge in [-0.2, -0.15) is 0 Å². The smallest absolute Gasteiger partial charge is 0.0541 e. The van der Waals surface area contributed by atoms with E-state index in [0.29, 0.717) is 0 Å². The first-order chi connectivity index (χ1) is 31.2. The van der Waals surface area contributed by atoms with Crippen LogP contribution in [0.25, 0.3) is 60.9 Å². The molecule has 1 aromatic heterocycles. The Bertz CT molecular complexity index is 3220. The average molecular weight is 808 g/mol. The molecule has 10 aromatic rings. The molecule has 3 nitrogen and oxygen atoms in total. The molecule has 0 bridgehead atoms. The maximum atomic E-state index is 4.19. The van der Waals surface area contributed by atoms with Gasteiger partial charge < -0.3 is 14.4 Å². The van der Waals surface area contributed by atoms with Crippen molar-refractivity contribution >= 4 is 50.2 Å². The Morgan fingerprint density at radius 2 is 0.905 bits per heavy atom. The summed E-state index contributed by atoms with van der Waals surface area (Å²) in [5.41, 5.74) is 16.5. The summed E-state index contributed by atoms with van der Waals surface area (Å²) in [6.07, 6.45) is 5.70. The lowest BCUT2D eigenvalue weighted by Crippen LogP contribution is -2.14. The molecule has 1 heterocycles. The van der Waals surface area contributed by atoms with Crippen molar-refractivity contribution in [2.75, 3.05) is 9.80 Å². The van der Waals surface area contributed by atoms with Crippen LogP contribution in [0.2, 0.25) is 0 Å². The second-order valence-corrected chi connectivity index (χ2v) is 15.5. The van der Waals surface area contributed by atoms with Crippen molar-refractivity contribution in [3.05, 3.63) is 268 Å². The van der Waals surface area contributed by atoms with E-state index in [2.05, 4.69) is 252 Å². The number of para-hydroxylation sites is 5. The van der Waals surface area contributed by atoms with E-state index in [1.807, 2.05) is 24.3 Å². The number of hydrogen-bond donors (Lipinski definition) is 0. The summed E-state index contributed by atoms with van der Waals surface area (Å²) in [5.74, 6) is 0. The van der Waals surface area contributed by atoms with Crippen molar-refractivity contribution in [1.82, 2.24) is 4.57 Å². The number of nitrogens with zero attached hydrogens (tertiary/aromatic N) is 3. The van der Waals surface area contributed by atoms with Gasteiger partial charge in [-0.1, -0.05) is 159 Å². The first-order valence-electron chi connectivity index (χ1n) is 21.3. The number of anilines is 5. The van der Waals surface area contributed by atoms with Gasteiger partial charge in [0.15, 0.2) is 0 Å².